The summed E-state index contributed by atoms with van der Waals surface area (Å²) in [6.45, 7) is 1.64. The molecule has 0 radical (unpaired) electrons. The summed E-state index contributed by atoms with van der Waals surface area (Å²) in [4.78, 5) is 26.8. The molecule has 2 heterocycles. The number of ether oxygens (including phenoxy) is 2. The van der Waals surface area contributed by atoms with Gasteiger partial charge >= 0.3 is 6.03 Å². The predicted molar refractivity (Wildman–Crippen MR) is 103 cm³/mol. The van der Waals surface area contributed by atoms with Crippen LogP contribution in [0.4, 0.5) is 4.79 Å². The molecule has 2 aromatic carbocycles. The van der Waals surface area contributed by atoms with Gasteiger partial charge in [-0.15, -0.1) is 0 Å². The molecule has 2 aromatic rings. The molecular weight excluding hydrogens is 358 g/mol. The van der Waals surface area contributed by atoms with Gasteiger partial charge in [0.1, 0.15) is 6.04 Å². The van der Waals surface area contributed by atoms with E-state index >= 15 is 0 Å². The molecule has 7 heteroatoms. The molecular formula is C21H23N3O4. The van der Waals surface area contributed by atoms with Gasteiger partial charge in [-0.05, 0) is 36.1 Å². The second kappa shape index (κ2) is 8.21. The van der Waals surface area contributed by atoms with Gasteiger partial charge in [0.15, 0.2) is 11.5 Å². The zero-order valence-corrected chi connectivity index (χ0v) is 15.5. The van der Waals surface area contributed by atoms with E-state index < -0.39 is 6.04 Å². The molecule has 7 nitrogen and oxygen atoms in total. The van der Waals surface area contributed by atoms with E-state index in [0.717, 1.165) is 17.5 Å². The number of benzene rings is 2. The topological polar surface area (TPSA) is 79.9 Å². The van der Waals surface area contributed by atoms with Crippen LogP contribution < -0.4 is 20.1 Å². The van der Waals surface area contributed by atoms with Gasteiger partial charge in [-0.1, -0.05) is 36.4 Å². The molecule has 0 aliphatic carbocycles. The minimum absolute atomic E-state index is 0.134. The lowest BCUT2D eigenvalue weighted by molar-refractivity contribution is -0.124. The number of nitrogens with zero attached hydrogens (tertiary/aromatic N) is 1. The van der Waals surface area contributed by atoms with Gasteiger partial charge < -0.3 is 25.0 Å². The molecule has 1 saturated heterocycles. The Morgan fingerprint density at radius 1 is 0.964 bits per heavy atom. The summed E-state index contributed by atoms with van der Waals surface area (Å²) < 4.78 is 10.7. The van der Waals surface area contributed by atoms with Crippen LogP contribution in [0.2, 0.25) is 0 Å². The van der Waals surface area contributed by atoms with Crippen LogP contribution in [0.15, 0.2) is 48.5 Å². The van der Waals surface area contributed by atoms with Crippen LogP contribution in [-0.2, 0) is 17.9 Å². The van der Waals surface area contributed by atoms with Crippen molar-refractivity contribution in [3.05, 3.63) is 59.7 Å². The standard InChI is InChI=1S/C21H23N3O4/c25-20(22-13-16-8-9-18-19(11-16)28-14-27-18)17-7-4-10-24(17)21(26)23-12-15-5-2-1-3-6-15/h1-3,5-6,8-9,11,17H,4,7,10,12-14H2,(H,22,25)(H,23,26)/t17-/m1/s1. The van der Waals surface area contributed by atoms with Crippen LogP contribution in [-0.4, -0.2) is 36.2 Å². The summed E-state index contributed by atoms with van der Waals surface area (Å²) in [5.74, 6) is 1.27. The SMILES string of the molecule is O=C(NCc1ccc2c(c1)OCO2)[C@H]1CCCN1C(=O)NCc1ccccc1. The Hall–Kier alpha value is -3.22. The van der Waals surface area contributed by atoms with Gasteiger partial charge in [0, 0.05) is 19.6 Å². The maximum atomic E-state index is 12.7. The maximum Gasteiger partial charge on any atom is 0.318 e. The lowest BCUT2D eigenvalue weighted by Gasteiger charge is -2.24. The fourth-order valence-electron chi connectivity index (χ4n) is 3.52. The molecule has 0 aromatic heterocycles. The largest absolute Gasteiger partial charge is 0.454 e. The van der Waals surface area contributed by atoms with Gasteiger partial charge in [-0.3, -0.25) is 4.79 Å². The predicted octanol–water partition coefficient (Wildman–Crippen LogP) is 2.41. The molecule has 0 saturated carbocycles. The first kappa shape index (κ1) is 18.2. The minimum Gasteiger partial charge on any atom is -0.454 e. The molecule has 4 rings (SSSR count). The van der Waals surface area contributed by atoms with Crippen molar-refractivity contribution in [2.24, 2.45) is 0 Å². The van der Waals surface area contributed by atoms with E-state index in [9.17, 15) is 9.59 Å². The van der Waals surface area contributed by atoms with Crippen molar-refractivity contribution in [3.8, 4) is 11.5 Å². The third kappa shape index (κ3) is 4.03. The summed E-state index contributed by atoms with van der Waals surface area (Å²) in [7, 11) is 0. The molecule has 0 bridgehead atoms. The number of hydrogen-bond donors (Lipinski definition) is 2. The van der Waals surface area contributed by atoms with Crippen molar-refractivity contribution in [2.75, 3.05) is 13.3 Å². The quantitative estimate of drug-likeness (QED) is 0.834. The van der Waals surface area contributed by atoms with Crippen LogP contribution in [0, 0.1) is 0 Å². The van der Waals surface area contributed by atoms with E-state index in [-0.39, 0.29) is 18.7 Å². The molecule has 2 aliphatic rings. The summed E-state index contributed by atoms with van der Waals surface area (Å²) in [5, 5.41) is 5.84. The number of carbonyl (C=O) groups excluding carboxylic acids is 2. The third-order valence-electron chi connectivity index (χ3n) is 5.01. The van der Waals surface area contributed by atoms with Gasteiger partial charge in [0.25, 0.3) is 0 Å². The van der Waals surface area contributed by atoms with Crippen LogP contribution in [0.1, 0.15) is 24.0 Å². The molecule has 3 amide bonds. The fourth-order valence-corrected chi connectivity index (χ4v) is 3.52. The van der Waals surface area contributed by atoms with Crippen molar-refractivity contribution in [1.82, 2.24) is 15.5 Å². The second-order valence-corrected chi connectivity index (χ2v) is 6.90. The van der Waals surface area contributed by atoms with Crippen molar-refractivity contribution in [1.29, 1.82) is 0 Å². The van der Waals surface area contributed by atoms with E-state index in [1.807, 2.05) is 48.5 Å². The maximum absolute atomic E-state index is 12.7. The highest BCUT2D eigenvalue weighted by Gasteiger charge is 2.33. The van der Waals surface area contributed by atoms with Gasteiger partial charge in [0.05, 0.1) is 0 Å². The zero-order chi connectivity index (χ0) is 19.3. The first-order chi connectivity index (χ1) is 13.7. The highest BCUT2D eigenvalue weighted by atomic mass is 16.7. The minimum atomic E-state index is -0.440. The zero-order valence-electron chi connectivity index (χ0n) is 15.5. The number of amides is 3. The number of carbonyl (C=O) groups is 2. The third-order valence-corrected chi connectivity index (χ3v) is 5.01. The highest BCUT2D eigenvalue weighted by Crippen LogP contribution is 2.32. The fraction of sp³-hybridized carbons (Fsp3) is 0.333. The van der Waals surface area contributed by atoms with Crippen LogP contribution in [0.5, 0.6) is 11.5 Å². The molecule has 0 spiro atoms. The van der Waals surface area contributed by atoms with Crippen LogP contribution in [0.25, 0.3) is 0 Å². The average Bonchev–Trinajstić information content (AvgIpc) is 3.40. The van der Waals surface area contributed by atoms with E-state index in [4.69, 9.17) is 9.47 Å². The summed E-state index contributed by atoms with van der Waals surface area (Å²) >= 11 is 0. The van der Waals surface area contributed by atoms with Crippen molar-refractivity contribution >= 4 is 11.9 Å². The number of hydrogen-bond acceptors (Lipinski definition) is 4. The molecule has 28 heavy (non-hydrogen) atoms. The van der Waals surface area contributed by atoms with Crippen molar-refractivity contribution in [2.45, 2.75) is 32.0 Å². The van der Waals surface area contributed by atoms with E-state index in [2.05, 4.69) is 10.6 Å². The first-order valence-electron chi connectivity index (χ1n) is 9.45. The molecule has 2 N–H and O–H groups in total. The monoisotopic (exact) mass is 381 g/mol. The first-order valence-corrected chi connectivity index (χ1v) is 9.45. The summed E-state index contributed by atoms with van der Waals surface area (Å²) in [6.07, 6.45) is 1.49. The Morgan fingerprint density at radius 3 is 2.61 bits per heavy atom. The second-order valence-electron chi connectivity index (χ2n) is 6.90. The van der Waals surface area contributed by atoms with Crippen molar-refractivity contribution in [3.63, 3.8) is 0 Å². The van der Waals surface area contributed by atoms with Crippen LogP contribution >= 0.6 is 0 Å². The van der Waals surface area contributed by atoms with E-state index in [1.165, 1.54) is 0 Å². The normalized spacial score (nSPS) is 17.4. The molecule has 0 unspecified atom stereocenters. The number of likely N-dealkylation sites (tertiary alicyclic amines) is 1. The summed E-state index contributed by atoms with van der Waals surface area (Å²) in [6, 6.07) is 14.7. The van der Waals surface area contributed by atoms with Gasteiger partial charge in [-0.25, -0.2) is 4.79 Å². The Morgan fingerprint density at radius 2 is 1.75 bits per heavy atom. The van der Waals surface area contributed by atoms with E-state index in [1.54, 1.807) is 4.90 Å². The number of fused-ring (bicyclic) bond motifs is 1. The average molecular weight is 381 g/mol. The lowest BCUT2D eigenvalue weighted by atomic mass is 10.1. The Labute approximate surface area is 163 Å². The van der Waals surface area contributed by atoms with E-state index in [0.29, 0.717) is 37.6 Å². The van der Waals surface area contributed by atoms with Crippen molar-refractivity contribution < 1.29 is 19.1 Å². The highest BCUT2D eigenvalue weighted by molar-refractivity contribution is 5.87. The Kier molecular flexibility index (Phi) is 5.32. The number of urea groups is 1. The molecule has 1 fully saturated rings. The van der Waals surface area contributed by atoms with Gasteiger partial charge in [-0.2, -0.15) is 0 Å². The molecule has 146 valence electrons. The smallest absolute Gasteiger partial charge is 0.318 e. The number of nitrogens with one attached hydrogen (secondary N) is 2. The summed E-state index contributed by atoms with van der Waals surface area (Å²) in [5.41, 5.74) is 1.95. The lowest BCUT2D eigenvalue weighted by Crippen LogP contribution is -2.49. The van der Waals surface area contributed by atoms with Crippen LogP contribution in [0.3, 0.4) is 0 Å². The Bertz CT molecular complexity index is 856. The molecule has 2 aliphatic heterocycles. The Balaban J connectivity index is 1.31. The van der Waals surface area contributed by atoms with Gasteiger partial charge in [0.2, 0.25) is 12.7 Å². The number of rotatable bonds is 5. The molecule has 1 atom stereocenters.